The number of carbonyl (C=O) groups excluding carboxylic acids is 1. The van der Waals surface area contributed by atoms with Gasteiger partial charge in [0.2, 0.25) is 0 Å². The minimum Gasteiger partial charge on any atom is -0.376 e. The number of ether oxygens (including phenoxy) is 2. The Morgan fingerprint density at radius 3 is 2.76 bits per heavy atom. The van der Waals surface area contributed by atoms with Gasteiger partial charge in [-0.3, -0.25) is 4.79 Å². The Hall–Kier alpha value is -0.650. The zero-order valence-electron chi connectivity index (χ0n) is 10.6. The maximum absolute atomic E-state index is 11.9. The number of amides is 1. The molecule has 1 amide bonds. The van der Waals surface area contributed by atoms with E-state index in [1.165, 1.54) is 0 Å². The van der Waals surface area contributed by atoms with Crippen LogP contribution in [-0.2, 0) is 14.3 Å². The van der Waals surface area contributed by atoms with Gasteiger partial charge in [0, 0.05) is 18.1 Å². The lowest BCUT2D eigenvalue weighted by molar-refractivity contribution is -0.148. The summed E-state index contributed by atoms with van der Waals surface area (Å²) in [6.45, 7) is 5.75. The first-order valence-electron chi connectivity index (χ1n) is 6.42. The van der Waals surface area contributed by atoms with Crippen molar-refractivity contribution in [2.45, 2.75) is 50.9 Å². The summed E-state index contributed by atoms with van der Waals surface area (Å²) in [5.74, 6) is -0.0436. The fourth-order valence-electron chi connectivity index (χ4n) is 2.44. The fraction of sp³-hybridized carbons (Fsp3) is 0.917. The molecule has 2 rings (SSSR count). The van der Waals surface area contributed by atoms with Crippen LogP contribution in [0.25, 0.3) is 0 Å². The Morgan fingerprint density at radius 2 is 2.12 bits per heavy atom. The third-order valence-electron chi connectivity index (χ3n) is 3.50. The van der Waals surface area contributed by atoms with Crippen molar-refractivity contribution in [1.29, 1.82) is 0 Å². The summed E-state index contributed by atoms with van der Waals surface area (Å²) in [6, 6.07) is 1.05. The second-order valence-electron chi connectivity index (χ2n) is 4.98. The molecule has 2 aliphatic rings. The molecule has 4 atom stereocenters. The van der Waals surface area contributed by atoms with Crippen LogP contribution in [0, 0.1) is 0 Å². The van der Waals surface area contributed by atoms with E-state index in [0.29, 0.717) is 31.9 Å². The lowest BCUT2D eigenvalue weighted by Gasteiger charge is -2.35. The molecule has 17 heavy (non-hydrogen) atoms. The quantitative estimate of drug-likeness (QED) is 0.718. The predicted octanol–water partition coefficient (Wildman–Crippen LogP) is 0.0470. The first kappa shape index (κ1) is 12.8. The van der Waals surface area contributed by atoms with Gasteiger partial charge in [-0.15, -0.1) is 0 Å². The molecule has 0 saturated carbocycles. The molecule has 0 aromatic rings. The van der Waals surface area contributed by atoms with E-state index in [-0.39, 0.29) is 11.9 Å². The van der Waals surface area contributed by atoms with E-state index in [9.17, 15) is 4.79 Å². The Balaban J connectivity index is 1.81. The van der Waals surface area contributed by atoms with Crippen molar-refractivity contribution in [3.8, 4) is 0 Å². The number of nitrogens with one attached hydrogen (secondary N) is 2. The van der Waals surface area contributed by atoms with E-state index < -0.39 is 6.10 Å². The highest BCUT2D eigenvalue weighted by Gasteiger charge is 2.29. The number of carbonyl (C=O) groups is 1. The Bertz CT molecular complexity index is 266. The molecule has 5 heteroatoms. The van der Waals surface area contributed by atoms with Gasteiger partial charge < -0.3 is 20.1 Å². The van der Waals surface area contributed by atoms with Gasteiger partial charge in [0.25, 0.3) is 5.91 Å². The van der Waals surface area contributed by atoms with Crippen molar-refractivity contribution in [2.24, 2.45) is 0 Å². The van der Waals surface area contributed by atoms with E-state index in [1.54, 1.807) is 0 Å². The van der Waals surface area contributed by atoms with Crippen molar-refractivity contribution in [3.05, 3.63) is 0 Å². The van der Waals surface area contributed by atoms with Crippen molar-refractivity contribution in [3.63, 3.8) is 0 Å². The molecule has 4 unspecified atom stereocenters. The number of rotatable bonds is 2. The zero-order valence-corrected chi connectivity index (χ0v) is 10.6. The van der Waals surface area contributed by atoms with Crippen molar-refractivity contribution in [1.82, 2.24) is 10.6 Å². The van der Waals surface area contributed by atoms with Crippen LogP contribution in [0.2, 0.25) is 0 Å². The van der Waals surface area contributed by atoms with Gasteiger partial charge in [0.1, 0.15) is 0 Å². The standard InChI is InChI=1S/C12H22N2O3/c1-8-3-4-10(9(2)13-8)14-12(15)11-7-16-5-6-17-11/h8-11,13H,3-7H2,1-2H3,(H,14,15). The molecule has 2 N–H and O–H groups in total. The van der Waals surface area contributed by atoms with Gasteiger partial charge in [0.15, 0.2) is 6.10 Å². The molecule has 98 valence electrons. The molecule has 0 radical (unpaired) electrons. The molecule has 0 spiro atoms. The summed E-state index contributed by atoms with van der Waals surface area (Å²) in [4.78, 5) is 11.9. The summed E-state index contributed by atoms with van der Waals surface area (Å²) in [5, 5.41) is 6.50. The number of piperidine rings is 1. The Kier molecular flexibility index (Phi) is 4.36. The first-order chi connectivity index (χ1) is 8.16. The smallest absolute Gasteiger partial charge is 0.251 e. The minimum absolute atomic E-state index is 0.0436. The molecule has 0 aromatic carbocycles. The highest BCUT2D eigenvalue weighted by Crippen LogP contribution is 2.13. The SMILES string of the molecule is CC1CCC(NC(=O)C2COCCO2)C(C)N1. The maximum atomic E-state index is 11.9. The third-order valence-corrected chi connectivity index (χ3v) is 3.50. The molecular formula is C12H22N2O3. The molecule has 0 bridgehead atoms. The monoisotopic (exact) mass is 242 g/mol. The van der Waals surface area contributed by atoms with Crippen molar-refractivity contribution in [2.75, 3.05) is 19.8 Å². The average Bonchev–Trinajstić information content (AvgIpc) is 2.34. The fourth-order valence-corrected chi connectivity index (χ4v) is 2.44. The van der Waals surface area contributed by atoms with Gasteiger partial charge >= 0.3 is 0 Å². The molecule has 0 aliphatic carbocycles. The van der Waals surface area contributed by atoms with Crippen LogP contribution in [-0.4, -0.2) is 50.0 Å². The topological polar surface area (TPSA) is 59.6 Å². The summed E-state index contributed by atoms with van der Waals surface area (Å²) >= 11 is 0. The normalized spacial score (nSPS) is 38.7. The van der Waals surface area contributed by atoms with Crippen LogP contribution >= 0.6 is 0 Å². The van der Waals surface area contributed by atoms with Crippen LogP contribution < -0.4 is 10.6 Å². The summed E-state index contributed by atoms with van der Waals surface area (Å²) in [6.07, 6.45) is 1.68. The van der Waals surface area contributed by atoms with Crippen LogP contribution in [0.5, 0.6) is 0 Å². The second-order valence-corrected chi connectivity index (χ2v) is 4.98. The van der Waals surface area contributed by atoms with Gasteiger partial charge in [-0.2, -0.15) is 0 Å². The lowest BCUT2D eigenvalue weighted by atomic mass is 9.95. The highest BCUT2D eigenvalue weighted by atomic mass is 16.6. The van der Waals surface area contributed by atoms with Gasteiger partial charge in [-0.1, -0.05) is 0 Å². The highest BCUT2D eigenvalue weighted by molar-refractivity contribution is 5.81. The molecule has 2 aliphatic heterocycles. The number of hydrogen-bond donors (Lipinski definition) is 2. The molecule has 2 saturated heterocycles. The molecule has 2 fully saturated rings. The molecule has 0 aromatic heterocycles. The van der Waals surface area contributed by atoms with Crippen LogP contribution in [0.1, 0.15) is 26.7 Å². The van der Waals surface area contributed by atoms with Gasteiger partial charge in [-0.05, 0) is 26.7 Å². The van der Waals surface area contributed by atoms with E-state index >= 15 is 0 Å². The van der Waals surface area contributed by atoms with Crippen LogP contribution in [0.15, 0.2) is 0 Å². The summed E-state index contributed by atoms with van der Waals surface area (Å²) < 4.78 is 10.6. The second kappa shape index (κ2) is 5.80. The maximum Gasteiger partial charge on any atom is 0.251 e. The van der Waals surface area contributed by atoms with Crippen LogP contribution in [0.3, 0.4) is 0 Å². The van der Waals surface area contributed by atoms with E-state index in [0.717, 1.165) is 12.8 Å². The largest absolute Gasteiger partial charge is 0.376 e. The molecule has 5 nitrogen and oxygen atoms in total. The Morgan fingerprint density at radius 1 is 1.29 bits per heavy atom. The summed E-state index contributed by atoms with van der Waals surface area (Å²) in [5.41, 5.74) is 0. The van der Waals surface area contributed by atoms with E-state index in [4.69, 9.17) is 9.47 Å². The predicted molar refractivity (Wildman–Crippen MR) is 63.8 cm³/mol. The van der Waals surface area contributed by atoms with Crippen LogP contribution in [0.4, 0.5) is 0 Å². The minimum atomic E-state index is -0.435. The summed E-state index contributed by atoms with van der Waals surface area (Å²) in [7, 11) is 0. The molecular weight excluding hydrogens is 220 g/mol. The number of hydrogen-bond acceptors (Lipinski definition) is 4. The first-order valence-corrected chi connectivity index (χ1v) is 6.42. The Labute approximate surface area is 102 Å². The van der Waals surface area contributed by atoms with E-state index in [2.05, 4.69) is 24.5 Å². The van der Waals surface area contributed by atoms with Gasteiger partial charge in [-0.25, -0.2) is 0 Å². The lowest BCUT2D eigenvalue weighted by Crippen LogP contribution is -2.57. The van der Waals surface area contributed by atoms with Gasteiger partial charge in [0.05, 0.1) is 19.8 Å². The van der Waals surface area contributed by atoms with E-state index in [1.807, 2.05) is 0 Å². The van der Waals surface area contributed by atoms with Crippen molar-refractivity contribution < 1.29 is 14.3 Å². The third kappa shape index (κ3) is 3.40. The van der Waals surface area contributed by atoms with Crippen molar-refractivity contribution >= 4 is 5.91 Å². The molecule has 2 heterocycles. The zero-order chi connectivity index (χ0) is 12.3. The average molecular weight is 242 g/mol.